The summed E-state index contributed by atoms with van der Waals surface area (Å²) < 4.78 is 1.83. The molecule has 1 aliphatic rings. The predicted octanol–water partition coefficient (Wildman–Crippen LogP) is 3.05. The number of guanidine groups is 1. The number of likely N-dealkylation sites (tertiary alicyclic amines) is 1. The second-order valence-corrected chi connectivity index (χ2v) is 8.24. The van der Waals surface area contributed by atoms with Crippen molar-refractivity contribution in [3.05, 3.63) is 83.9 Å². The van der Waals surface area contributed by atoms with Crippen LogP contribution in [0.3, 0.4) is 0 Å². The molecule has 2 heterocycles. The maximum atomic E-state index is 4.83. The fourth-order valence-electron chi connectivity index (χ4n) is 4.21. The van der Waals surface area contributed by atoms with E-state index < -0.39 is 0 Å². The molecular formula is C25H33N7. The van der Waals surface area contributed by atoms with E-state index in [1.54, 1.807) is 12.7 Å². The molecule has 1 saturated heterocycles. The summed E-state index contributed by atoms with van der Waals surface area (Å²) in [5, 5.41) is 11.2. The van der Waals surface area contributed by atoms with Gasteiger partial charge < -0.3 is 10.6 Å². The Hall–Kier alpha value is -3.19. The summed E-state index contributed by atoms with van der Waals surface area (Å²) in [7, 11) is 0. The van der Waals surface area contributed by atoms with Crippen molar-refractivity contribution in [3.8, 4) is 0 Å². The summed E-state index contributed by atoms with van der Waals surface area (Å²) in [4.78, 5) is 11.4. The van der Waals surface area contributed by atoms with Gasteiger partial charge in [-0.05, 0) is 43.0 Å². The molecule has 0 spiro atoms. The lowest BCUT2D eigenvalue weighted by atomic mass is 10.1. The van der Waals surface area contributed by atoms with Gasteiger partial charge in [0.25, 0.3) is 0 Å². The first kappa shape index (κ1) is 22.0. The minimum Gasteiger partial charge on any atom is -0.357 e. The molecule has 1 unspecified atom stereocenters. The van der Waals surface area contributed by atoms with Crippen LogP contribution >= 0.6 is 0 Å². The van der Waals surface area contributed by atoms with E-state index in [1.165, 1.54) is 29.5 Å². The van der Waals surface area contributed by atoms with Crippen LogP contribution < -0.4 is 10.6 Å². The largest absolute Gasteiger partial charge is 0.357 e. The Bertz CT molecular complexity index is 969. The smallest absolute Gasteiger partial charge is 0.191 e. The molecule has 1 aliphatic heterocycles. The van der Waals surface area contributed by atoms with Gasteiger partial charge in [0.15, 0.2) is 5.96 Å². The molecule has 3 aromatic rings. The quantitative estimate of drug-likeness (QED) is 0.403. The molecule has 7 heteroatoms. The van der Waals surface area contributed by atoms with Gasteiger partial charge in [0.1, 0.15) is 12.7 Å². The Balaban J connectivity index is 1.33. The molecular weight excluding hydrogens is 398 g/mol. The van der Waals surface area contributed by atoms with Crippen molar-refractivity contribution in [2.24, 2.45) is 4.99 Å². The number of benzene rings is 2. The maximum absolute atomic E-state index is 4.83. The Morgan fingerprint density at radius 2 is 1.88 bits per heavy atom. The van der Waals surface area contributed by atoms with Gasteiger partial charge in [-0.2, -0.15) is 5.10 Å². The Labute approximate surface area is 190 Å². The SMILES string of the molecule is CCNC(=NCc1cccc(Cn2cncn2)c1)NCC1CCCN1Cc1ccccc1. The number of hydrogen-bond donors (Lipinski definition) is 2. The lowest BCUT2D eigenvalue weighted by molar-refractivity contribution is 0.245. The van der Waals surface area contributed by atoms with Crippen molar-refractivity contribution < 1.29 is 0 Å². The van der Waals surface area contributed by atoms with Gasteiger partial charge >= 0.3 is 0 Å². The Kier molecular flexibility index (Phi) is 7.87. The van der Waals surface area contributed by atoms with Crippen LogP contribution in [-0.4, -0.2) is 51.3 Å². The highest BCUT2D eigenvalue weighted by molar-refractivity contribution is 5.79. The van der Waals surface area contributed by atoms with Crippen LogP contribution in [-0.2, 0) is 19.6 Å². The van der Waals surface area contributed by atoms with Crippen LogP contribution in [0.15, 0.2) is 72.2 Å². The van der Waals surface area contributed by atoms with Crippen LogP contribution in [0, 0.1) is 0 Å². The average Bonchev–Trinajstić information content (AvgIpc) is 3.49. The third-order valence-electron chi connectivity index (χ3n) is 5.80. The van der Waals surface area contributed by atoms with E-state index in [1.807, 2.05) is 4.68 Å². The minimum absolute atomic E-state index is 0.532. The van der Waals surface area contributed by atoms with Crippen LogP contribution in [0.4, 0.5) is 0 Å². The molecule has 1 aromatic heterocycles. The topological polar surface area (TPSA) is 70.4 Å². The Morgan fingerprint density at radius 1 is 1.03 bits per heavy atom. The summed E-state index contributed by atoms with van der Waals surface area (Å²) >= 11 is 0. The summed E-state index contributed by atoms with van der Waals surface area (Å²) in [6, 6.07) is 19.8. The molecule has 7 nitrogen and oxygen atoms in total. The number of rotatable bonds is 9. The van der Waals surface area contributed by atoms with Crippen LogP contribution in [0.5, 0.6) is 0 Å². The van der Waals surface area contributed by atoms with E-state index >= 15 is 0 Å². The lowest BCUT2D eigenvalue weighted by Gasteiger charge is -2.25. The van der Waals surface area contributed by atoms with E-state index in [2.05, 4.69) is 87.1 Å². The predicted molar refractivity (Wildman–Crippen MR) is 128 cm³/mol. The highest BCUT2D eigenvalue weighted by Crippen LogP contribution is 2.19. The van der Waals surface area contributed by atoms with Crippen molar-refractivity contribution in [2.45, 2.75) is 45.4 Å². The zero-order chi connectivity index (χ0) is 22.0. The van der Waals surface area contributed by atoms with Gasteiger partial charge in [0, 0.05) is 25.7 Å². The first-order chi connectivity index (χ1) is 15.8. The highest BCUT2D eigenvalue weighted by Gasteiger charge is 2.24. The highest BCUT2D eigenvalue weighted by atomic mass is 15.3. The second kappa shape index (κ2) is 11.4. The molecule has 1 fully saturated rings. The fourth-order valence-corrected chi connectivity index (χ4v) is 4.21. The molecule has 0 saturated carbocycles. The molecule has 0 radical (unpaired) electrons. The van der Waals surface area contributed by atoms with E-state index in [4.69, 9.17) is 4.99 Å². The summed E-state index contributed by atoms with van der Waals surface area (Å²) in [6.07, 6.45) is 5.78. The molecule has 0 aliphatic carbocycles. The summed E-state index contributed by atoms with van der Waals surface area (Å²) in [5.74, 6) is 0.876. The van der Waals surface area contributed by atoms with Crippen molar-refractivity contribution in [1.29, 1.82) is 0 Å². The number of hydrogen-bond acceptors (Lipinski definition) is 4. The van der Waals surface area contributed by atoms with Gasteiger partial charge in [0.2, 0.25) is 0 Å². The van der Waals surface area contributed by atoms with Gasteiger partial charge in [-0.3, -0.25) is 4.90 Å². The third-order valence-corrected chi connectivity index (χ3v) is 5.80. The minimum atomic E-state index is 0.532. The summed E-state index contributed by atoms with van der Waals surface area (Å²) in [5.41, 5.74) is 3.76. The molecule has 0 bridgehead atoms. The second-order valence-electron chi connectivity index (χ2n) is 8.24. The third kappa shape index (κ3) is 6.40. The normalized spacial score (nSPS) is 16.9. The summed E-state index contributed by atoms with van der Waals surface area (Å²) in [6.45, 7) is 7.38. The van der Waals surface area contributed by atoms with Gasteiger partial charge in [-0.25, -0.2) is 14.7 Å². The number of aromatic nitrogens is 3. The van der Waals surface area contributed by atoms with Gasteiger partial charge in [0.05, 0.1) is 13.1 Å². The van der Waals surface area contributed by atoms with Gasteiger partial charge in [-0.1, -0.05) is 54.6 Å². The zero-order valence-corrected chi connectivity index (χ0v) is 18.8. The first-order valence-corrected chi connectivity index (χ1v) is 11.5. The van der Waals surface area contributed by atoms with Crippen molar-refractivity contribution in [2.75, 3.05) is 19.6 Å². The maximum Gasteiger partial charge on any atom is 0.191 e. The standard InChI is InChI=1S/C25H33N7/c1-2-27-25(28-15-22-10-6-11-23(14-22)18-32-20-26-19-30-32)29-16-24-12-7-13-31(24)17-21-8-4-3-5-9-21/h3-6,8-11,14,19-20,24H,2,7,12-13,15-18H2,1H3,(H2,27,28,29). The molecule has 2 N–H and O–H groups in total. The first-order valence-electron chi connectivity index (χ1n) is 11.5. The van der Waals surface area contributed by atoms with Crippen molar-refractivity contribution in [1.82, 2.24) is 30.3 Å². The monoisotopic (exact) mass is 431 g/mol. The molecule has 2 aromatic carbocycles. The van der Waals surface area contributed by atoms with E-state index in [0.717, 1.165) is 38.7 Å². The van der Waals surface area contributed by atoms with Gasteiger partial charge in [-0.15, -0.1) is 0 Å². The average molecular weight is 432 g/mol. The number of aliphatic imine (C=N–C) groups is 1. The number of nitrogens with zero attached hydrogens (tertiary/aromatic N) is 5. The fraction of sp³-hybridized carbons (Fsp3) is 0.400. The molecule has 1 atom stereocenters. The van der Waals surface area contributed by atoms with Crippen LogP contribution in [0.2, 0.25) is 0 Å². The van der Waals surface area contributed by atoms with Crippen LogP contribution in [0.25, 0.3) is 0 Å². The van der Waals surface area contributed by atoms with Crippen molar-refractivity contribution in [3.63, 3.8) is 0 Å². The molecule has 4 rings (SSSR count). The van der Waals surface area contributed by atoms with E-state index in [0.29, 0.717) is 12.6 Å². The molecule has 168 valence electrons. The number of nitrogens with one attached hydrogen (secondary N) is 2. The Morgan fingerprint density at radius 3 is 2.69 bits per heavy atom. The van der Waals surface area contributed by atoms with Crippen molar-refractivity contribution >= 4 is 5.96 Å². The molecule has 0 amide bonds. The zero-order valence-electron chi connectivity index (χ0n) is 18.8. The van der Waals surface area contributed by atoms with E-state index in [9.17, 15) is 0 Å². The van der Waals surface area contributed by atoms with E-state index in [-0.39, 0.29) is 0 Å². The van der Waals surface area contributed by atoms with Crippen LogP contribution in [0.1, 0.15) is 36.5 Å². The lowest BCUT2D eigenvalue weighted by Crippen LogP contribution is -2.44. The molecule has 32 heavy (non-hydrogen) atoms.